The number of aliphatic carboxylic acids is 1. The van der Waals surface area contributed by atoms with Crippen LogP contribution in [0.1, 0.15) is 68.8 Å². The van der Waals surface area contributed by atoms with Gasteiger partial charge in [-0.25, -0.2) is 0 Å². The van der Waals surface area contributed by atoms with Crippen LogP contribution in [-0.4, -0.2) is 28.2 Å². The van der Waals surface area contributed by atoms with Gasteiger partial charge < -0.3 is 19.7 Å². The molecule has 0 bridgehead atoms. The molecule has 6 heteroatoms. The molecule has 32 heavy (non-hydrogen) atoms. The predicted molar refractivity (Wildman–Crippen MR) is 128 cm³/mol. The SMILES string of the molecule is CCCC(CCC)n1ccc2cc(C(=O)Nc3ccccc3OCCCC(=O)O)ccc21. The second-order valence-electron chi connectivity index (χ2n) is 8.02. The Morgan fingerprint density at radius 1 is 1.06 bits per heavy atom. The molecule has 2 aromatic carbocycles. The molecule has 1 heterocycles. The Hall–Kier alpha value is -3.28. The summed E-state index contributed by atoms with van der Waals surface area (Å²) in [6.45, 7) is 4.70. The fourth-order valence-corrected chi connectivity index (χ4v) is 4.01. The topological polar surface area (TPSA) is 80.6 Å². The maximum Gasteiger partial charge on any atom is 0.303 e. The van der Waals surface area contributed by atoms with Crippen molar-refractivity contribution in [2.45, 2.75) is 58.4 Å². The number of benzene rings is 2. The van der Waals surface area contributed by atoms with E-state index in [9.17, 15) is 9.59 Å². The molecule has 6 nitrogen and oxygen atoms in total. The summed E-state index contributed by atoms with van der Waals surface area (Å²) in [4.78, 5) is 23.6. The molecule has 0 spiro atoms. The number of carbonyl (C=O) groups excluding carboxylic acids is 1. The largest absolute Gasteiger partial charge is 0.491 e. The highest BCUT2D eigenvalue weighted by molar-refractivity contribution is 6.06. The quantitative estimate of drug-likeness (QED) is 0.328. The molecular weight excluding hydrogens is 404 g/mol. The number of ether oxygens (including phenoxy) is 1. The van der Waals surface area contributed by atoms with E-state index < -0.39 is 5.97 Å². The fraction of sp³-hybridized carbons (Fsp3) is 0.385. The highest BCUT2D eigenvalue weighted by Gasteiger charge is 2.15. The van der Waals surface area contributed by atoms with E-state index in [-0.39, 0.29) is 18.9 Å². The van der Waals surface area contributed by atoms with E-state index >= 15 is 0 Å². The summed E-state index contributed by atoms with van der Waals surface area (Å²) in [5, 5.41) is 12.7. The minimum Gasteiger partial charge on any atom is -0.491 e. The van der Waals surface area contributed by atoms with Gasteiger partial charge in [-0.1, -0.05) is 38.8 Å². The molecule has 3 rings (SSSR count). The van der Waals surface area contributed by atoms with Crippen molar-refractivity contribution in [1.82, 2.24) is 4.57 Å². The van der Waals surface area contributed by atoms with Crippen molar-refractivity contribution in [3.05, 3.63) is 60.3 Å². The van der Waals surface area contributed by atoms with Crippen molar-refractivity contribution in [3.63, 3.8) is 0 Å². The molecule has 0 saturated heterocycles. The van der Waals surface area contributed by atoms with E-state index in [0.29, 0.717) is 29.5 Å². The van der Waals surface area contributed by atoms with Gasteiger partial charge in [-0.3, -0.25) is 9.59 Å². The number of amides is 1. The van der Waals surface area contributed by atoms with Crippen molar-refractivity contribution < 1.29 is 19.4 Å². The highest BCUT2D eigenvalue weighted by Crippen LogP contribution is 2.28. The highest BCUT2D eigenvalue weighted by atomic mass is 16.5. The van der Waals surface area contributed by atoms with Crippen LogP contribution < -0.4 is 10.1 Å². The number of rotatable bonds is 12. The fourth-order valence-electron chi connectivity index (χ4n) is 4.01. The molecule has 0 aliphatic heterocycles. The van der Waals surface area contributed by atoms with Gasteiger partial charge >= 0.3 is 5.97 Å². The Balaban J connectivity index is 1.73. The maximum atomic E-state index is 12.9. The molecule has 0 atom stereocenters. The summed E-state index contributed by atoms with van der Waals surface area (Å²) in [5.41, 5.74) is 2.30. The van der Waals surface area contributed by atoms with Gasteiger partial charge in [-0.2, -0.15) is 0 Å². The second kappa shape index (κ2) is 11.4. The summed E-state index contributed by atoms with van der Waals surface area (Å²) >= 11 is 0. The number of hydrogen-bond acceptors (Lipinski definition) is 3. The van der Waals surface area contributed by atoms with Crippen molar-refractivity contribution in [1.29, 1.82) is 0 Å². The Bertz CT molecular complexity index is 1050. The maximum absolute atomic E-state index is 12.9. The summed E-state index contributed by atoms with van der Waals surface area (Å²) in [7, 11) is 0. The Morgan fingerprint density at radius 3 is 2.53 bits per heavy atom. The van der Waals surface area contributed by atoms with E-state index in [0.717, 1.165) is 36.6 Å². The van der Waals surface area contributed by atoms with Gasteiger partial charge in [0.25, 0.3) is 5.91 Å². The first-order valence-corrected chi connectivity index (χ1v) is 11.4. The van der Waals surface area contributed by atoms with Crippen molar-refractivity contribution in [2.75, 3.05) is 11.9 Å². The number of aromatic nitrogens is 1. The van der Waals surface area contributed by atoms with Crippen LogP contribution in [0.3, 0.4) is 0 Å². The molecule has 0 aliphatic rings. The molecule has 0 unspecified atom stereocenters. The van der Waals surface area contributed by atoms with Crippen LogP contribution in [-0.2, 0) is 4.79 Å². The lowest BCUT2D eigenvalue weighted by Gasteiger charge is -2.19. The third-order valence-electron chi connectivity index (χ3n) is 5.55. The summed E-state index contributed by atoms with van der Waals surface area (Å²) in [6.07, 6.45) is 7.15. The van der Waals surface area contributed by atoms with E-state index in [1.165, 1.54) is 0 Å². The van der Waals surface area contributed by atoms with Gasteiger partial charge in [0.2, 0.25) is 0 Å². The molecule has 0 saturated carbocycles. The Labute approximate surface area is 189 Å². The number of carboxylic acids is 1. The van der Waals surface area contributed by atoms with Crippen LogP contribution >= 0.6 is 0 Å². The third-order valence-corrected chi connectivity index (χ3v) is 5.55. The van der Waals surface area contributed by atoms with Gasteiger partial charge in [-0.05, 0) is 55.7 Å². The number of carboxylic acid groups (broad SMARTS) is 1. The molecule has 1 aromatic heterocycles. The lowest BCUT2D eigenvalue weighted by Crippen LogP contribution is -2.13. The van der Waals surface area contributed by atoms with Crippen LogP contribution in [0.4, 0.5) is 5.69 Å². The minimum atomic E-state index is -0.852. The average molecular weight is 437 g/mol. The van der Waals surface area contributed by atoms with Crippen LogP contribution in [0, 0.1) is 0 Å². The van der Waals surface area contributed by atoms with Gasteiger partial charge in [0.1, 0.15) is 5.75 Å². The standard InChI is InChI=1S/C26H32N2O4/c1-3-8-21(9-4-2)28-16-15-19-18-20(13-14-23(19)28)26(31)27-22-10-5-6-11-24(22)32-17-7-12-25(29)30/h5-6,10-11,13-16,18,21H,3-4,7-9,12,17H2,1-2H3,(H,27,31)(H,29,30). The number of nitrogens with zero attached hydrogens (tertiary/aromatic N) is 1. The van der Waals surface area contributed by atoms with Gasteiger partial charge in [-0.15, -0.1) is 0 Å². The molecule has 0 aliphatic carbocycles. The van der Waals surface area contributed by atoms with E-state index in [4.69, 9.17) is 9.84 Å². The molecule has 2 N–H and O–H groups in total. The molecule has 1 amide bonds. The number of anilines is 1. The van der Waals surface area contributed by atoms with Crippen LogP contribution in [0.15, 0.2) is 54.7 Å². The van der Waals surface area contributed by atoms with E-state index in [1.54, 1.807) is 12.1 Å². The first-order chi connectivity index (χ1) is 15.5. The zero-order valence-electron chi connectivity index (χ0n) is 18.8. The van der Waals surface area contributed by atoms with Crippen LogP contribution in [0.25, 0.3) is 10.9 Å². The number of carbonyl (C=O) groups is 2. The van der Waals surface area contributed by atoms with Gasteiger partial charge in [0.15, 0.2) is 0 Å². The van der Waals surface area contributed by atoms with Crippen molar-refractivity contribution in [2.24, 2.45) is 0 Å². The molecule has 3 aromatic rings. The third kappa shape index (κ3) is 5.90. The monoisotopic (exact) mass is 436 g/mol. The smallest absolute Gasteiger partial charge is 0.303 e. The Morgan fingerprint density at radius 2 is 1.81 bits per heavy atom. The number of fused-ring (bicyclic) bond motifs is 1. The normalized spacial score (nSPS) is 11.1. The Kier molecular flexibility index (Phi) is 8.31. The van der Waals surface area contributed by atoms with Gasteiger partial charge in [0, 0.05) is 35.1 Å². The lowest BCUT2D eigenvalue weighted by atomic mass is 10.1. The van der Waals surface area contributed by atoms with Crippen molar-refractivity contribution >= 4 is 28.5 Å². The number of para-hydroxylation sites is 2. The summed E-state index contributed by atoms with van der Waals surface area (Å²) in [6, 6.07) is 15.5. The number of nitrogens with one attached hydrogen (secondary N) is 1. The number of hydrogen-bond donors (Lipinski definition) is 2. The summed E-state index contributed by atoms with van der Waals surface area (Å²) < 4.78 is 8.03. The second-order valence-corrected chi connectivity index (χ2v) is 8.02. The van der Waals surface area contributed by atoms with Crippen LogP contribution in [0.5, 0.6) is 5.75 Å². The molecule has 170 valence electrons. The zero-order valence-corrected chi connectivity index (χ0v) is 18.8. The lowest BCUT2D eigenvalue weighted by molar-refractivity contribution is -0.137. The predicted octanol–water partition coefficient (Wildman–Crippen LogP) is 6.28. The van der Waals surface area contributed by atoms with E-state index in [2.05, 4.69) is 36.0 Å². The molecular formula is C26H32N2O4. The molecule has 0 radical (unpaired) electrons. The minimum absolute atomic E-state index is 0.0472. The van der Waals surface area contributed by atoms with E-state index in [1.807, 2.05) is 30.3 Å². The zero-order chi connectivity index (χ0) is 22.9. The van der Waals surface area contributed by atoms with Crippen LogP contribution in [0.2, 0.25) is 0 Å². The average Bonchev–Trinajstić information content (AvgIpc) is 3.20. The van der Waals surface area contributed by atoms with Crippen molar-refractivity contribution in [3.8, 4) is 5.75 Å². The first kappa shape index (κ1) is 23.4. The first-order valence-electron chi connectivity index (χ1n) is 11.4. The summed E-state index contributed by atoms with van der Waals surface area (Å²) in [5.74, 6) is -0.532. The van der Waals surface area contributed by atoms with Gasteiger partial charge in [0.05, 0.1) is 12.3 Å². The molecule has 0 fully saturated rings.